The maximum Gasteiger partial charge on any atom is 0.0433 e. The minimum atomic E-state index is 0.336. The largest absolute Gasteiger partial charge is 0.396 e. The van der Waals surface area contributed by atoms with Crippen LogP contribution < -0.4 is 0 Å². The lowest BCUT2D eigenvalue weighted by Crippen LogP contribution is -1.96. The van der Waals surface area contributed by atoms with Crippen LogP contribution in [0.5, 0.6) is 0 Å². The van der Waals surface area contributed by atoms with Crippen molar-refractivity contribution >= 4 is 0 Å². The monoisotopic (exact) mass is 268 g/mol. The van der Waals surface area contributed by atoms with E-state index in [9.17, 15) is 0 Å². The quantitative estimate of drug-likeness (QED) is 0.308. The van der Waals surface area contributed by atoms with Gasteiger partial charge < -0.3 is 5.11 Å². The first kappa shape index (κ1) is 18.7. The second kappa shape index (κ2) is 15.8. The Morgan fingerprint density at radius 2 is 1.37 bits per heavy atom. The van der Waals surface area contributed by atoms with Crippen LogP contribution in [0.3, 0.4) is 0 Å². The second-order valence-electron chi connectivity index (χ2n) is 5.93. The maximum absolute atomic E-state index is 8.81. The van der Waals surface area contributed by atoms with Crippen molar-refractivity contribution in [2.75, 3.05) is 6.61 Å². The number of allylic oxidation sites excluding steroid dienone is 2. The van der Waals surface area contributed by atoms with Gasteiger partial charge in [-0.05, 0) is 38.0 Å². The number of unbranched alkanes of at least 4 members (excludes halogenated alkanes) is 8. The molecule has 0 spiro atoms. The van der Waals surface area contributed by atoms with E-state index in [4.69, 9.17) is 5.11 Å². The van der Waals surface area contributed by atoms with Crippen molar-refractivity contribution in [2.45, 2.75) is 90.9 Å². The second-order valence-corrected chi connectivity index (χ2v) is 5.93. The Balaban J connectivity index is 3.12. The normalized spacial score (nSPS) is 13.2. The van der Waals surface area contributed by atoms with Gasteiger partial charge in [-0.25, -0.2) is 0 Å². The lowest BCUT2D eigenvalue weighted by atomic mass is 10.0. The molecule has 1 N–H and O–H groups in total. The van der Waals surface area contributed by atoms with Crippen LogP contribution in [0.1, 0.15) is 90.9 Å². The van der Waals surface area contributed by atoms with E-state index < -0.39 is 0 Å². The van der Waals surface area contributed by atoms with Crippen LogP contribution in [0.25, 0.3) is 0 Å². The summed E-state index contributed by atoms with van der Waals surface area (Å²) in [5, 5.41) is 8.81. The molecule has 0 aromatic heterocycles. The van der Waals surface area contributed by atoms with Crippen molar-refractivity contribution in [3.8, 4) is 0 Å². The minimum Gasteiger partial charge on any atom is -0.396 e. The van der Waals surface area contributed by atoms with Crippen molar-refractivity contribution in [1.29, 1.82) is 0 Å². The summed E-state index contributed by atoms with van der Waals surface area (Å²) >= 11 is 0. The molecule has 0 heterocycles. The van der Waals surface area contributed by atoms with Crippen LogP contribution in [-0.2, 0) is 0 Å². The fourth-order valence-corrected chi connectivity index (χ4v) is 2.38. The van der Waals surface area contributed by atoms with Gasteiger partial charge in [-0.1, -0.05) is 70.9 Å². The summed E-state index contributed by atoms with van der Waals surface area (Å²) < 4.78 is 0. The highest BCUT2D eigenvalue weighted by Gasteiger charge is 1.98. The first-order valence-electron chi connectivity index (χ1n) is 8.57. The highest BCUT2D eigenvalue weighted by Crippen LogP contribution is 2.12. The van der Waals surface area contributed by atoms with Gasteiger partial charge >= 0.3 is 0 Å². The van der Waals surface area contributed by atoms with Crippen LogP contribution in [0, 0.1) is 5.92 Å². The smallest absolute Gasteiger partial charge is 0.0433 e. The lowest BCUT2D eigenvalue weighted by molar-refractivity contribution is 0.259. The molecule has 0 rings (SSSR count). The molecule has 0 aromatic rings. The molecule has 1 atom stereocenters. The van der Waals surface area contributed by atoms with Crippen LogP contribution in [0.2, 0.25) is 0 Å². The fraction of sp³-hybridized carbons (Fsp3) is 0.889. The summed E-state index contributed by atoms with van der Waals surface area (Å²) in [4.78, 5) is 0. The van der Waals surface area contributed by atoms with Gasteiger partial charge in [0.15, 0.2) is 0 Å². The Morgan fingerprint density at radius 3 is 2.00 bits per heavy atom. The van der Waals surface area contributed by atoms with Gasteiger partial charge in [0.1, 0.15) is 0 Å². The number of aliphatic hydroxyl groups is 1. The number of aliphatic hydroxyl groups excluding tert-OH is 1. The Bertz CT molecular complexity index is 186. The van der Waals surface area contributed by atoms with E-state index in [1.165, 1.54) is 70.6 Å². The summed E-state index contributed by atoms with van der Waals surface area (Å²) in [5.74, 6) is 0.665. The van der Waals surface area contributed by atoms with Gasteiger partial charge in [-0.2, -0.15) is 0 Å². The zero-order valence-corrected chi connectivity index (χ0v) is 13.4. The Morgan fingerprint density at radius 1 is 0.789 bits per heavy atom. The van der Waals surface area contributed by atoms with E-state index in [0.29, 0.717) is 12.5 Å². The first-order valence-corrected chi connectivity index (χ1v) is 8.57. The van der Waals surface area contributed by atoms with Crippen LogP contribution in [0.4, 0.5) is 0 Å². The van der Waals surface area contributed by atoms with Gasteiger partial charge in [0.05, 0.1) is 0 Å². The van der Waals surface area contributed by atoms with E-state index in [1.54, 1.807) is 0 Å². The lowest BCUT2D eigenvalue weighted by Gasteiger charge is -2.06. The zero-order valence-electron chi connectivity index (χ0n) is 13.4. The molecule has 0 bridgehead atoms. The highest BCUT2D eigenvalue weighted by atomic mass is 16.3. The maximum atomic E-state index is 8.81. The molecule has 0 aliphatic heterocycles. The molecule has 0 unspecified atom stereocenters. The van der Waals surface area contributed by atoms with Gasteiger partial charge in [0.2, 0.25) is 0 Å². The average molecular weight is 268 g/mol. The molecule has 0 saturated heterocycles. The van der Waals surface area contributed by atoms with E-state index in [0.717, 1.165) is 6.42 Å². The summed E-state index contributed by atoms with van der Waals surface area (Å²) in [5.41, 5.74) is 0. The predicted octanol–water partition coefficient (Wildman–Crippen LogP) is 5.87. The molecule has 0 aliphatic rings. The molecule has 0 saturated carbocycles. The van der Waals surface area contributed by atoms with Gasteiger partial charge in [0, 0.05) is 6.61 Å². The molecule has 0 aliphatic carbocycles. The predicted molar refractivity (Wildman–Crippen MR) is 86.5 cm³/mol. The number of rotatable bonds is 14. The third kappa shape index (κ3) is 15.6. The van der Waals surface area contributed by atoms with E-state index in [2.05, 4.69) is 26.0 Å². The number of hydrogen-bond acceptors (Lipinski definition) is 1. The summed E-state index contributed by atoms with van der Waals surface area (Å²) in [6.07, 6.45) is 20.5. The molecular weight excluding hydrogens is 232 g/mol. The van der Waals surface area contributed by atoms with E-state index in [-0.39, 0.29) is 0 Å². The number of hydrogen-bond donors (Lipinski definition) is 1. The SMILES string of the molecule is CCCCCCCCCCC=CCC[C@@H](C)CCO. The van der Waals surface area contributed by atoms with Crippen molar-refractivity contribution in [3.63, 3.8) is 0 Å². The van der Waals surface area contributed by atoms with Gasteiger partial charge in [-0.15, -0.1) is 0 Å². The molecule has 0 aromatic carbocycles. The van der Waals surface area contributed by atoms with Crippen molar-refractivity contribution < 1.29 is 5.11 Å². The Hall–Kier alpha value is -0.300. The summed E-state index contributed by atoms with van der Waals surface area (Å²) in [7, 11) is 0. The molecule has 114 valence electrons. The Kier molecular flexibility index (Phi) is 15.5. The van der Waals surface area contributed by atoms with Gasteiger partial charge in [0.25, 0.3) is 0 Å². The topological polar surface area (TPSA) is 20.2 Å². The van der Waals surface area contributed by atoms with Crippen LogP contribution >= 0.6 is 0 Å². The third-order valence-electron chi connectivity index (χ3n) is 3.84. The summed E-state index contributed by atoms with van der Waals surface area (Å²) in [6.45, 7) is 4.84. The van der Waals surface area contributed by atoms with E-state index >= 15 is 0 Å². The first-order chi connectivity index (χ1) is 9.31. The Labute approximate surface area is 121 Å². The molecule has 0 radical (unpaired) electrons. The molecular formula is C18H36O. The van der Waals surface area contributed by atoms with Crippen LogP contribution in [0.15, 0.2) is 12.2 Å². The minimum absolute atomic E-state index is 0.336. The van der Waals surface area contributed by atoms with E-state index in [1.807, 2.05) is 0 Å². The molecule has 19 heavy (non-hydrogen) atoms. The molecule has 1 heteroatoms. The third-order valence-corrected chi connectivity index (χ3v) is 3.84. The zero-order chi connectivity index (χ0) is 14.2. The average Bonchev–Trinajstić information content (AvgIpc) is 2.40. The highest BCUT2D eigenvalue weighted by molar-refractivity contribution is 4.81. The van der Waals surface area contributed by atoms with Gasteiger partial charge in [-0.3, -0.25) is 0 Å². The van der Waals surface area contributed by atoms with Crippen molar-refractivity contribution in [2.24, 2.45) is 5.92 Å². The van der Waals surface area contributed by atoms with Crippen molar-refractivity contribution in [3.05, 3.63) is 12.2 Å². The standard InChI is InChI=1S/C18H36O/c1-3-4-5-6-7-8-9-10-11-12-13-14-15-18(2)16-17-19/h12-13,18-19H,3-11,14-17H2,1-2H3/t18-/m1/s1. The molecule has 0 fully saturated rings. The fourth-order valence-electron chi connectivity index (χ4n) is 2.38. The summed E-state index contributed by atoms with van der Waals surface area (Å²) in [6, 6.07) is 0. The molecule has 1 nitrogen and oxygen atoms in total. The van der Waals surface area contributed by atoms with Crippen LogP contribution in [-0.4, -0.2) is 11.7 Å². The van der Waals surface area contributed by atoms with Crippen molar-refractivity contribution in [1.82, 2.24) is 0 Å². The molecule has 0 amide bonds.